The van der Waals surface area contributed by atoms with Crippen molar-refractivity contribution in [3.63, 3.8) is 0 Å². The Morgan fingerprint density at radius 1 is 0.857 bits per heavy atom. The highest BCUT2D eigenvalue weighted by molar-refractivity contribution is 4.51. The van der Waals surface area contributed by atoms with Crippen LogP contribution in [-0.2, 0) is 4.74 Å². The normalized spacial score (nSPS) is 13.3. The molecule has 0 amide bonds. The third-order valence-corrected chi connectivity index (χ3v) is 3.76. The Labute approximate surface area is 131 Å². The fourth-order valence-electron chi connectivity index (χ4n) is 2.29. The summed E-state index contributed by atoms with van der Waals surface area (Å²) in [6.07, 6.45) is 10.1. The second kappa shape index (κ2) is 14.8. The van der Waals surface area contributed by atoms with E-state index in [4.69, 9.17) is 4.74 Å². The van der Waals surface area contributed by atoms with E-state index < -0.39 is 6.23 Å². The van der Waals surface area contributed by atoms with Gasteiger partial charge in [-0.05, 0) is 19.3 Å². The molecule has 128 valence electrons. The van der Waals surface area contributed by atoms with Gasteiger partial charge in [-0.2, -0.15) is 5.06 Å². The van der Waals surface area contributed by atoms with E-state index in [1.807, 2.05) is 0 Å². The third-order valence-electron chi connectivity index (χ3n) is 3.76. The first-order valence-corrected chi connectivity index (χ1v) is 8.79. The van der Waals surface area contributed by atoms with Crippen molar-refractivity contribution in [2.45, 2.75) is 84.8 Å². The third kappa shape index (κ3) is 14.5. The van der Waals surface area contributed by atoms with E-state index in [1.54, 1.807) is 6.92 Å². The van der Waals surface area contributed by atoms with Crippen LogP contribution in [0.15, 0.2) is 0 Å². The molecule has 4 nitrogen and oxygen atoms in total. The molecule has 0 heterocycles. The molecule has 0 aliphatic heterocycles. The topological polar surface area (TPSA) is 52.9 Å². The lowest BCUT2D eigenvalue weighted by atomic mass is 10.0. The summed E-state index contributed by atoms with van der Waals surface area (Å²) in [5, 5.41) is 19.7. The first-order chi connectivity index (χ1) is 10.1. The number of aliphatic hydroxyl groups is 1. The zero-order chi connectivity index (χ0) is 15.9. The smallest absolute Gasteiger partial charge is 0.131 e. The molecule has 21 heavy (non-hydrogen) atoms. The molecule has 0 aromatic heterocycles. The minimum atomic E-state index is -0.805. The van der Waals surface area contributed by atoms with Crippen molar-refractivity contribution in [1.82, 2.24) is 5.06 Å². The zero-order valence-corrected chi connectivity index (χ0v) is 14.4. The standard InChI is InChI=1S/C17H37NO3/c1-4-18(20)17(19)13-15-21-14-11-9-7-5-6-8-10-12-16(2)3/h16-17,19-20H,4-15H2,1-3H3. The molecular formula is C17H37NO3. The van der Waals surface area contributed by atoms with E-state index in [2.05, 4.69) is 13.8 Å². The van der Waals surface area contributed by atoms with Gasteiger partial charge in [0.2, 0.25) is 0 Å². The van der Waals surface area contributed by atoms with Gasteiger partial charge in [-0.1, -0.05) is 58.8 Å². The molecule has 0 aliphatic carbocycles. The average molecular weight is 303 g/mol. The van der Waals surface area contributed by atoms with Crippen molar-refractivity contribution in [2.24, 2.45) is 5.92 Å². The van der Waals surface area contributed by atoms with E-state index in [1.165, 1.54) is 44.9 Å². The second-order valence-electron chi connectivity index (χ2n) is 6.29. The fourth-order valence-corrected chi connectivity index (χ4v) is 2.29. The van der Waals surface area contributed by atoms with Crippen LogP contribution in [0.1, 0.15) is 78.6 Å². The monoisotopic (exact) mass is 303 g/mol. The first-order valence-electron chi connectivity index (χ1n) is 8.79. The summed E-state index contributed by atoms with van der Waals surface area (Å²) < 4.78 is 5.47. The van der Waals surface area contributed by atoms with Gasteiger partial charge < -0.3 is 15.1 Å². The molecule has 2 N–H and O–H groups in total. The largest absolute Gasteiger partial charge is 0.381 e. The molecule has 1 atom stereocenters. The van der Waals surface area contributed by atoms with Gasteiger partial charge in [-0.15, -0.1) is 0 Å². The molecule has 1 unspecified atom stereocenters. The molecule has 0 spiro atoms. The minimum Gasteiger partial charge on any atom is -0.381 e. The Hall–Kier alpha value is -0.160. The van der Waals surface area contributed by atoms with Gasteiger partial charge in [-0.3, -0.25) is 0 Å². The van der Waals surface area contributed by atoms with Crippen LogP contribution in [0.5, 0.6) is 0 Å². The van der Waals surface area contributed by atoms with Crippen LogP contribution in [0.3, 0.4) is 0 Å². The van der Waals surface area contributed by atoms with Gasteiger partial charge in [0, 0.05) is 19.6 Å². The number of aliphatic hydroxyl groups excluding tert-OH is 1. The van der Waals surface area contributed by atoms with E-state index in [0.29, 0.717) is 19.6 Å². The van der Waals surface area contributed by atoms with Crippen molar-refractivity contribution in [3.05, 3.63) is 0 Å². The van der Waals surface area contributed by atoms with Crippen molar-refractivity contribution in [1.29, 1.82) is 0 Å². The van der Waals surface area contributed by atoms with E-state index >= 15 is 0 Å². The molecule has 0 aromatic carbocycles. The Bertz CT molecular complexity index is 212. The molecule has 4 heteroatoms. The number of hydrogen-bond donors (Lipinski definition) is 2. The molecule has 0 bridgehead atoms. The van der Waals surface area contributed by atoms with Crippen molar-refractivity contribution >= 4 is 0 Å². The van der Waals surface area contributed by atoms with E-state index in [0.717, 1.165) is 24.0 Å². The summed E-state index contributed by atoms with van der Waals surface area (Å²) in [6.45, 7) is 8.08. The van der Waals surface area contributed by atoms with Gasteiger partial charge in [0.1, 0.15) is 6.23 Å². The van der Waals surface area contributed by atoms with Crippen LogP contribution >= 0.6 is 0 Å². The molecule has 0 saturated heterocycles. The number of unbranched alkanes of at least 4 members (excludes halogenated alkanes) is 6. The molecule has 0 fully saturated rings. The maximum atomic E-state index is 9.49. The Balaban J connectivity index is 3.12. The first kappa shape index (κ1) is 20.8. The van der Waals surface area contributed by atoms with Crippen molar-refractivity contribution < 1.29 is 15.1 Å². The van der Waals surface area contributed by atoms with E-state index in [-0.39, 0.29) is 0 Å². The van der Waals surface area contributed by atoms with Gasteiger partial charge in [0.15, 0.2) is 0 Å². The lowest BCUT2D eigenvalue weighted by molar-refractivity contribution is -0.198. The molecular weight excluding hydrogens is 266 g/mol. The quantitative estimate of drug-likeness (QED) is 0.270. The summed E-state index contributed by atoms with van der Waals surface area (Å²) in [6, 6.07) is 0. The molecule has 0 saturated carbocycles. The Morgan fingerprint density at radius 3 is 2.00 bits per heavy atom. The van der Waals surface area contributed by atoms with Crippen molar-refractivity contribution in [3.8, 4) is 0 Å². The van der Waals surface area contributed by atoms with Crippen LogP contribution in [0.25, 0.3) is 0 Å². The van der Waals surface area contributed by atoms with E-state index in [9.17, 15) is 10.3 Å². The van der Waals surface area contributed by atoms with Gasteiger partial charge in [-0.25, -0.2) is 0 Å². The lowest BCUT2D eigenvalue weighted by Gasteiger charge is -2.19. The highest BCUT2D eigenvalue weighted by Crippen LogP contribution is 2.12. The Kier molecular flexibility index (Phi) is 14.7. The van der Waals surface area contributed by atoms with Crippen LogP contribution in [0.4, 0.5) is 0 Å². The summed E-state index contributed by atoms with van der Waals surface area (Å²) in [5.41, 5.74) is 0. The summed E-state index contributed by atoms with van der Waals surface area (Å²) in [4.78, 5) is 0. The van der Waals surface area contributed by atoms with Gasteiger partial charge in [0.05, 0.1) is 6.61 Å². The van der Waals surface area contributed by atoms with Crippen LogP contribution < -0.4 is 0 Å². The summed E-state index contributed by atoms with van der Waals surface area (Å²) >= 11 is 0. The van der Waals surface area contributed by atoms with Crippen LogP contribution in [0, 0.1) is 5.92 Å². The number of hydrogen-bond acceptors (Lipinski definition) is 4. The molecule has 0 aliphatic rings. The molecule has 0 radical (unpaired) electrons. The Morgan fingerprint density at radius 2 is 1.43 bits per heavy atom. The highest BCUT2D eigenvalue weighted by Gasteiger charge is 2.09. The number of rotatable bonds is 15. The average Bonchev–Trinajstić information content (AvgIpc) is 2.46. The molecule has 0 rings (SSSR count). The lowest BCUT2D eigenvalue weighted by Crippen LogP contribution is -2.32. The van der Waals surface area contributed by atoms with Gasteiger partial charge in [0.25, 0.3) is 0 Å². The minimum absolute atomic E-state index is 0.429. The SMILES string of the molecule is CCN(O)C(O)CCOCCCCCCCCCC(C)C. The predicted molar refractivity (Wildman–Crippen MR) is 87.4 cm³/mol. The van der Waals surface area contributed by atoms with Gasteiger partial charge >= 0.3 is 0 Å². The number of hydroxylamine groups is 2. The maximum absolute atomic E-state index is 9.49. The van der Waals surface area contributed by atoms with Crippen LogP contribution in [0.2, 0.25) is 0 Å². The maximum Gasteiger partial charge on any atom is 0.131 e. The summed E-state index contributed by atoms with van der Waals surface area (Å²) in [5.74, 6) is 0.843. The second-order valence-corrected chi connectivity index (χ2v) is 6.29. The van der Waals surface area contributed by atoms with Crippen LogP contribution in [-0.4, -0.2) is 41.4 Å². The number of ether oxygens (including phenoxy) is 1. The number of nitrogens with zero attached hydrogens (tertiary/aromatic N) is 1. The van der Waals surface area contributed by atoms with Crippen molar-refractivity contribution in [2.75, 3.05) is 19.8 Å². The zero-order valence-electron chi connectivity index (χ0n) is 14.4. The predicted octanol–water partition coefficient (Wildman–Crippen LogP) is 4.20. The molecule has 0 aromatic rings. The summed E-state index contributed by atoms with van der Waals surface area (Å²) in [7, 11) is 0. The highest BCUT2D eigenvalue weighted by atomic mass is 16.5. The fraction of sp³-hybridized carbons (Fsp3) is 1.00.